The summed E-state index contributed by atoms with van der Waals surface area (Å²) in [5.41, 5.74) is 7.79. The Morgan fingerprint density at radius 3 is 2.13 bits per heavy atom. The zero-order chi connectivity index (χ0) is 27.0. The Balaban J connectivity index is 1.19. The SMILES string of the molecule is CCCC1CCC(c2ccc(C=Cc3ccc(-c4ccc(CC(C)c5ccccc5)cc4)cc3F)cc2)CC1. The molecule has 0 nitrogen and oxygen atoms in total. The first-order valence-corrected chi connectivity index (χ1v) is 14.8. The molecule has 0 amide bonds. The highest BCUT2D eigenvalue weighted by Gasteiger charge is 2.21. The molecule has 0 radical (unpaired) electrons. The minimum Gasteiger partial charge on any atom is -0.206 e. The normalized spacial score (nSPS) is 18.3. The minimum absolute atomic E-state index is 0.189. The predicted octanol–water partition coefficient (Wildman–Crippen LogP) is 11.1. The zero-order valence-electron chi connectivity index (χ0n) is 23.5. The van der Waals surface area contributed by atoms with Crippen LogP contribution in [0.5, 0.6) is 0 Å². The molecule has 0 heterocycles. The zero-order valence-corrected chi connectivity index (χ0v) is 23.5. The largest absolute Gasteiger partial charge is 0.206 e. The first kappa shape index (κ1) is 27.1. The molecular weight excluding hydrogens is 475 g/mol. The van der Waals surface area contributed by atoms with Crippen LogP contribution in [-0.4, -0.2) is 0 Å². The van der Waals surface area contributed by atoms with E-state index in [-0.39, 0.29) is 5.82 Å². The Morgan fingerprint density at radius 1 is 0.769 bits per heavy atom. The lowest BCUT2D eigenvalue weighted by Gasteiger charge is -2.28. The van der Waals surface area contributed by atoms with E-state index in [4.69, 9.17) is 0 Å². The highest BCUT2D eigenvalue weighted by Crippen LogP contribution is 2.37. The predicted molar refractivity (Wildman–Crippen MR) is 165 cm³/mol. The summed E-state index contributed by atoms with van der Waals surface area (Å²) in [5.74, 6) is 1.90. The molecular formula is C38H41F. The molecule has 4 aromatic carbocycles. The summed E-state index contributed by atoms with van der Waals surface area (Å²) < 4.78 is 15.0. The number of halogens is 1. The van der Waals surface area contributed by atoms with Gasteiger partial charge in [-0.2, -0.15) is 0 Å². The van der Waals surface area contributed by atoms with Gasteiger partial charge in [0.05, 0.1) is 0 Å². The lowest BCUT2D eigenvalue weighted by Crippen LogP contribution is -2.13. The van der Waals surface area contributed by atoms with E-state index in [1.165, 1.54) is 55.2 Å². The molecule has 1 heteroatoms. The van der Waals surface area contributed by atoms with Crippen LogP contribution in [0.25, 0.3) is 23.3 Å². The van der Waals surface area contributed by atoms with Crippen LogP contribution in [0.2, 0.25) is 0 Å². The maximum atomic E-state index is 15.0. The third-order valence-corrected chi connectivity index (χ3v) is 8.61. The molecule has 0 bridgehead atoms. The second-order valence-corrected chi connectivity index (χ2v) is 11.5. The van der Waals surface area contributed by atoms with E-state index >= 15 is 4.39 Å². The standard InChI is InChI=1S/C38H41F/c1-3-7-29-10-17-33(18-11-29)34-19-12-30(13-20-34)14-23-36-24-25-37(27-38(36)39)35-21-15-31(16-22-35)26-28(2)32-8-5-4-6-9-32/h4-6,8-9,12-16,19-25,27-29,33H,3,7,10-11,17-18,26H2,1-2H3. The van der Waals surface area contributed by atoms with E-state index in [2.05, 4.69) is 92.7 Å². The Bertz CT molecular complexity index is 1340. The van der Waals surface area contributed by atoms with Crippen molar-refractivity contribution in [2.45, 2.75) is 70.6 Å². The molecule has 0 aromatic heterocycles. The first-order valence-electron chi connectivity index (χ1n) is 14.8. The van der Waals surface area contributed by atoms with Crippen LogP contribution >= 0.6 is 0 Å². The second kappa shape index (κ2) is 13.1. The van der Waals surface area contributed by atoms with Crippen LogP contribution in [0.4, 0.5) is 4.39 Å². The first-order chi connectivity index (χ1) is 19.1. The average molecular weight is 517 g/mol. The van der Waals surface area contributed by atoms with Crippen LogP contribution in [0.1, 0.15) is 92.0 Å². The third kappa shape index (κ3) is 7.15. The van der Waals surface area contributed by atoms with Gasteiger partial charge in [-0.05, 0) is 89.3 Å². The molecule has 0 aliphatic heterocycles. The van der Waals surface area contributed by atoms with Gasteiger partial charge >= 0.3 is 0 Å². The van der Waals surface area contributed by atoms with E-state index < -0.39 is 0 Å². The summed E-state index contributed by atoms with van der Waals surface area (Å²) in [6.07, 6.45) is 12.9. The molecule has 1 saturated carbocycles. The smallest absolute Gasteiger partial charge is 0.131 e. The summed E-state index contributed by atoms with van der Waals surface area (Å²) in [5, 5.41) is 0. The molecule has 1 atom stereocenters. The molecule has 0 N–H and O–H groups in total. The van der Waals surface area contributed by atoms with Gasteiger partial charge in [-0.25, -0.2) is 4.39 Å². The highest BCUT2D eigenvalue weighted by atomic mass is 19.1. The summed E-state index contributed by atoms with van der Waals surface area (Å²) in [4.78, 5) is 0. The quantitative estimate of drug-likeness (QED) is 0.194. The van der Waals surface area contributed by atoms with Gasteiger partial charge in [0.2, 0.25) is 0 Å². The third-order valence-electron chi connectivity index (χ3n) is 8.61. The maximum absolute atomic E-state index is 15.0. The molecule has 1 unspecified atom stereocenters. The number of rotatable bonds is 9. The van der Waals surface area contributed by atoms with Crippen molar-refractivity contribution in [3.63, 3.8) is 0 Å². The summed E-state index contributed by atoms with van der Waals surface area (Å²) in [6.45, 7) is 4.56. The fraction of sp³-hybridized carbons (Fsp3) is 0.316. The molecule has 1 aliphatic rings. The second-order valence-electron chi connectivity index (χ2n) is 11.5. The fourth-order valence-corrected chi connectivity index (χ4v) is 6.19. The van der Waals surface area contributed by atoms with Gasteiger partial charge in [0.25, 0.3) is 0 Å². The van der Waals surface area contributed by atoms with Crippen molar-refractivity contribution >= 4 is 12.2 Å². The van der Waals surface area contributed by atoms with E-state index in [0.717, 1.165) is 29.0 Å². The van der Waals surface area contributed by atoms with Gasteiger partial charge in [0.1, 0.15) is 5.82 Å². The van der Waals surface area contributed by atoms with E-state index in [9.17, 15) is 0 Å². The van der Waals surface area contributed by atoms with Gasteiger partial charge < -0.3 is 0 Å². The highest BCUT2D eigenvalue weighted by molar-refractivity contribution is 5.72. The van der Waals surface area contributed by atoms with Crippen molar-refractivity contribution in [1.29, 1.82) is 0 Å². The summed E-state index contributed by atoms with van der Waals surface area (Å²) in [6, 6.07) is 33.6. The van der Waals surface area contributed by atoms with Crippen LogP contribution < -0.4 is 0 Å². The van der Waals surface area contributed by atoms with Crippen molar-refractivity contribution < 1.29 is 4.39 Å². The molecule has 39 heavy (non-hydrogen) atoms. The van der Waals surface area contributed by atoms with Crippen molar-refractivity contribution in [3.8, 4) is 11.1 Å². The number of hydrogen-bond donors (Lipinski definition) is 0. The lowest BCUT2D eigenvalue weighted by molar-refractivity contribution is 0.308. The lowest BCUT2D eigenvalue weighted by atomic mass is 9.77. The van der Waals surface area contributed by atoms with Crippen LogP contribution in [0, 0.1) is 11.7 Å². The molecule has 0 spiro atoms. The van der Waals surface area contributed by atoms with Crippen molar-refractivity contribution in [1.82, 2.24) is 0 Å². The van der Waals surface area contributed by atoms with Crippen molar-refractivity contribution in [3.05, 3.63) is 131 Å². The van der Waals surface area contributed by atoms with E-state index in [1.807, 2.05) is 24.3 Å². The molecule has 1 fully saturated rings. The number of benzene rings is 4. The monoisotopic (exact) mass is 516 g/mol. The molecule has 0 saturated heterocycles. The van der Waals surface area contributed by atoms with Crippen molar-refractivity contribution in [2.75, 3.05) is 0 Å². The molecule has 4 aromatic rings. The van der Waals surface area contributed by atoms with Gasteiger partial charge in [-0.3, -0.25) is 0 Å². The Kier molecular flexibility index (Phi) is 9.09. The Labute approximate surface area is 234 Å². The minimum atomic E-state index is -0.189. The Morgan fingerprint density at radius 2 is 1.46 bits per heavy atom. The van der Waals surface area contributed by atoms with E-state index in [1.54, 1.807) is 6.07 Å². The van der Waals surface area contributed by atoms with Crippen molar-refractivity contribution in [2.24, 2.45) is 5.92 Å². The number of hydrogen-bond acceptors (Lipinski definition) is 0. The summed E-state index contributed by atoms with van der Waals surface area (Å²) in [7, 11) is 0. The Hall–Kier alpha value is -3.45. The van der Waals surface area contributed by atoms with Gasteiger partial charge in [-0.1, -0.05) is 130 Å². The van der Waals surface area contributed by atoms with Crippen LogP contribution in [0.3, 0.4) is 0 Å². The average Bonchev–Trinajstić information content (AvgIpc) is 2.98. The van der Waals surface area contributed by atoms with Gasteiger partial charge in [-0.15, -0.1) is 0 Å². The molecule has 200 valence electrons. The maximum Gasteiger partial charge on any atom is 0.131 e. The van der Waals surface area contributed by atoms with Crippen LogP contribution in [-0.2, 0) is 6.42 Å². The van der Waals surface area contributed by atoms with Gasteiger partial charge in [0, 0.05) is 5.56 Å². The van der Waals surface area contributed by atoms with Gasteiger partial charge in [0.15, 0.2) is 0 Å². The topological polar surface area (TPSA) is 0 Å². The fourth-order valence-electron chi connectivity index (χ4n) is 6.19. The molecule has 5 rings (SSSR count). The molecule has 1 aliphatic carbocycles. The summed E-state index contributed by atoms with van der Waals surface area (Å²) >= 11 is 0. The van der Waals surface area contributed by atoms with E-state index in [0.29, 0.717) is 17.4 Å². The van der Waals surface area contributed by atoms with Crippen LogP contribution in [0.15, 0.2) is 97.1 Å².